The minimum absolute atomic E-state index is 0. The van der Waals surface area contributed by atoms with Crippen molar-refractivity contribution >= 4 is 41.5 Å². The van der Waals surface area contributed by atoms with Gasteiger partial charge < -0.3 is 20.5 Å². The molecule has 0 saturated carbocycles. The van der Waals surface area contributed by atoms with Crippen LogP contribution in [0.5, 0.6) is 0 Å². The van der Waals surface area contributed by atoms with Gasteiger partial charge in [-0.25, -0.2) is 4.98 Å². The zero-order valence-electron chi connectivity index (χ0n) is 14.8. The van der Waals surface area contributed by atoms with Gasteiger partial charge in [-0.3, -0.25) is 9.79 Å². The third kappa shape index (κ3) is 5.45. The molecule has 1 aromatic heterocycles. The van der Waals surface area contributed by atoms with Crippen molar-refractivity contribution in [2.45, 2.75) is 25.8 Å². The van der Waals surface area contributed by atoms with Crippen molar-refractivity contribution in [3.63, 3.8) is 0 Å². The number of halogens is 1. The third-order valence-electron chi connectivity index (χ3n) is 4.14. The highest BCUT2D eigenvalue weighted by Gasteiger charge is 2.24. The Labute approximate surface area is 170 Å². The van der Waals surface area contributed by atoms with Crippen molar-refractivity contribution in [2.75, 3.05) is 25.0 Å². The van der Waals surface area contributed by atoms with Crippen LogP contribution in [-0.2, 0) is 11.3 Å². The smallest absolute Gasteiger partial charge is 0.225 e. The summed E-state index contributed by atoms with van der Waals surface area (Å²) < 4.78 is 2.01. The number of amides is 1. The van der Waals surface area contributed by atoms with E-state index in [2.05, 4.69) is 32.0 Å². The second-order valence-corrected chi connectivity index (χ2v) is 5.98. The van der Waals surface area contributed by atoms with Crippen LogP contribution in [0.25, 0.3) is 0 Å². The summed E-state index contributed by atoms with van der Waals surface area (Å²) in [6, 6.07) is 7.94. The molecule has 3 N–H and O–H groups in total. The predicted octanol–water partition coefficient (Wildman–Crippen LogP) is 2.18. The van der Waals surface area contributed by atoms with Crippen molar-refractivity contribution in [1.82, 2.24) is 20.2 Å². The highest BCUT2D eigenvalue weighted by atomic mass is 127. The first kappa shape index (κ1) is 20.2. The number of imidazole rings is 1. The summed E-state index contributed by atoms with van der Waals surface area (Å²) >= 11 is 0. The first-order chi connectivity index (χ1) is 12.3. The molecule has 0 bridgehead atoms. The maximum absolute atomic E-state index is 11.9. The number of rotatable bonds is 6. The van der Waals surface area contributed by atoms with Gasteiger partial charge in [0.15, 0.2) is 5.96 Å². The van der Waals surface area contributed by atoms with E-state index >= 15 is 0 Å². The summed E-state index contributed by atoms with van der Waals surface area (Å²) in [4.78, 5) is 20.6. The van der Waals surface area contributed by atoms with E-state index in [0.29, 0.717) is 13.0 Å². The Bertz CT molecular complexity index is 731. The van der Waals surface area contributed by atoms with Gasteiger partial charge in [-0.1, -0.05) is 18.2 Å². The number of hydrogen-bond donors (Lipinski definition) is 3. The molecule has 1 unspecified atom stereocenters. The number of benzene rings is 1. The number of anilines is 1. The van der Waals surface area contributed by atoms with Gasteiger partial charge in [0.25, 0.3) is 0 Å². The Hall–Kier alpha value is -2.10. The summed E-state index contributed by atoms with van der Waals surface area (Å²) in [6.07, 6.45) is 5.96. The molecule has 1 atom stereocenters. The average Bonchev–Trinajstić information content (AvgIpc) is 3.12. The molecule has 1 aliphatic rings. The van der Waals surface area contributed by atoms with Crippen LogP contribution in [0.1, 0.15) is 24.8 Å². The monoisotopic (exact) mass is 468 g/mol. The van der Waals surface area contributed by atoms with E-state index in [0.717, 1.165) is 36.8 Å². The van der Waals surface area contributed by atoms with Crippen LogP contribution in [-0.4, -0.2) is 41.1 Å². The SMILES string of the molecule is CCNC(=NCC1CC(=O)Nc2ccccc21)NCCn1ccnc1.I. The Morgan fingerprint density at radius 3 is 3.00 bits per heavy atom. The van der Waals surface area contributed by atoms with E-state index in [4.69, 9.17) is 0 Å². The van der Waals surface area contributed by atoms with Crippen molar-refractivity contribution in [3.8, 4) is 0 Å². The number of carbonyl (C=O) groups is 1. The fraction of sp³-hybridized carbons (Fsp3) is 0.389. The predicted molar refractivity (Wildman–Crippen MR) is 114 cm³/mol. The molecular formula is C18H25IN6O. The number of nitrogens with one attached hydrogen (secondary N) is 3. The zero-order chi connectivity index (χ0) is 17.5. The van der Waals surface area contributed by atoms with Crippen molar-refractivity contribution in [2.24, 2.45) is 4.99 Å². The number of guanidine groups is 1. The first-order valence-corrected chi connectivity index (χ1v) is 8.63. The number of para-hydroxylation sites is 1. The third-order valence-corrected chi connectivity index (χ3v) is 4.14. The maximum Gasteiger partial charge on any atom is 0.225 e. The Balaban J connectivity index is 0.00000243. The van der Waals surface area contributed by atoms with Crippen molar-refractivity contribution in [1.29, 1.82) is 0 Å². The fourth-order valence-corrected chi connectivity index (χ4v) is 2.93. The lowest BCUT2D eigenvalue weighted by molar-refractivity contribution is -0.116. The lowest BCUT2D eigenvalue weighted by atomic mass is 9.91. The summed E-state index contributed by atoms with van der Waals surface area (Å²) in [5, 5.41) is 9.50. The summed E-state index contributed by atoms with van der Waals surface area (Å²) in [6.45, 7) is 4.98. The van der Waals surface area contributed by atoms with E-state index in [9.17, 15) is 4.79 Å². The van der Waals surface area contributed by atoms with E-state index in [1.54, 1.807) is 12.5 Å². The second kappa shape index (κ2) is 10.1. The van der Waals surface area contributed by atoms with Gasteiger partial charge in [-0.15, -0.1) is 24.0 Å². The highest BCUT2D eigenvalue weighted by Crippen LogP contribution is 2.31. The van der Waals surface area contributed by atoms with Gasteiger partial charge in [0, 0.05) is 50.1 Å². The molecular weight excluding hydrogens is 443 g/mol. The molecule has 1 aromatic carbocycles. The largest absolute Gasteiger partial charge is 0.357 e. The molecule has 0 fully saturated rings. The minimum Gasteiger partial charge on any atom is -0.357 e. The highest BCUT2D eigenvalue weighted by molar-refractivity contribution is 14.0. The van der Waals surface area contributed by atoms with Crippen molar-refractivity contribution < 1.29 is 4.79 Å². The summed E-state index contributed by atoms with van der Waals surface area (Å²) in [5.41, 5.74) is 2.05. The fourth-order valence-electron chi connectivity index (χ4n) is 2.93. The van der Waals surface area contributed by atoms with Crippen molar-refractivity contribution in [3.05, 3.63) is 48.5 Å². The van der Waals surface area contributed by atoms with E-state index in [1.165, 1.54) is 0 Å². The van der Waals surface area contributed by atoms with E-state index in [1.807, 2.05) is 35.9 Å². The minimum atomic E-state index is 0. The molecule has 0 aliphatic carbocycles. The van der Waals surface area contributed by atoms with Gasteiger partial charge in [0.2, 0.25) is 5.91 Å². The van der Waals surface area contributed by atoms with E-state index < -0.39 is 0 Å². The molecule has 2 aromatic rings. The molecule has 0 spiro atoms. The quantitative estimate of drug-likeness (QED) is 0.345. The van der Waals surface area contributed by atoms with Gasteiger partial charge in [0.05, 0.1) is 12.9 Å². The second-order valence-electron chi connectivity index (χ2n) is 5.98. The number of fused-ring (bicyclic) bond motifs is 1. The number of aliphatic imine (C=N–C) groups is 1. The molecule has 26 heavy (non-hydrogen) atoms. The Kier molecular flexibility index (Phi) is 7.89. The van der Waals surface area contributed by atoms with Gasteiger partial charge in [0.1, 0.15) is 0 Å². The van der Waals surface area contributed by atoms with Gasteiger partial charge >= 0.3 is 0 Å². The lowest BCUT2D eigenvalue weighted by Crippen LogP contribution is -2.39. The molecule has 1 aliphatic heterocycles. The molecule has 2 heterocycles. The molecule has 0 radical (unpaired) electrons. The molecule has 1 amide bonds. The van der Waals surface area contributed by atoms with Crippen LogP contribution in [0.2, 0.25) is 0 Å². The summed E-state index contributed by atoms with van der Waals surface area (Å²) in [5.74, 6) is 0.928. The molecule has 7 nitrogen and oxygen atoms in total. The Morgan fingerprint density at radius 1 is 1.38 bits per heavy atom. The number of nitrogens with zero attached hydrogens (tertiary/aromatic N) is 3. The molecule has 0 saturated heterocycles. The topological polar surface area (TPSA) is 83.3 Å². The average molecular weight is 468 g/mol. The standard InChI is InChI=1S/C18H24N6O.HI/c1-2-20-18(21-8-10-24-9-7-19-13-24)22-12-14-11-17(25)23-16-6-4-3-5-15(14)16;/h3-7,9,13-14H,2,8,10-12H2,1H3,(H,23,25)(H2,20,21,22);1H. The van der Waals surface area contributed by atoms with Crippen LogP contribution < -0.4 is 16.0 Å². The van der Waals surface area contributed by atoms with Crippen LogP contribution in [0.15, 0.2) is 48.0 Å². The molecule has 8 heteroatoms. The first-order valence-electron chi connectivity index (χ1n) is 8.63. The normalized spacial score (nSPS) is 16.3. The molecule has 140 valence electrons. The van der Waals surface area contributed by atoms with E-state index in [-0.39, 0.29) is 35.8 Å². The van der Waals surface area contributed by atoms with Gasteiger partial charge in [-0.2, -0.15) is 0 Å². The zero-order valence-corrected chi connectivity index (χ0v) is 17.1. The van der Waals surface area contributed by atoms with Crippen LogP contribution in [0.3, 0.4) is 0 Å². The van der Waals surface area contributed by atoms with Crippen LogP contribution >= 0.6 is 24.0 Å². The summed E-state index contributed by atoms with van der Waals surface area (Å²) in [7, 11) is 0. The Morgan fingerprint density at radius 2 is 2.23 bits per heavy atom. The number of aromatic nitrogens is 2. The maximum atomic E-state index is 11.9. The lowest BCUT2D eigenvalue weighted by Gasteiger charge is -2.24. The number of carbonyl (C=O) groups excluding carboxylic acids is 1. The van der Waals surface area contributed by atoms with Gasteiger partial charge in [-0.05, 0) is 18.6 Å². The number of hydrogen-bond acceptors (Lipinski definition) is 3. The molecule has 3 rings (SSSR count). The van der Waals surface area contributed by atoms with Crippen LogP contribution in [0.4, 0.5) is 5.69 Å². The van der Waals surface area contributed by atoms with Crippen LogP contribution in [0, 0.1) is 0 Å².